The molecule has 0 aliphatic carbocycles. The molecule has 0 aliphatic heterocycles. The number of benzene rings is 2. The van der Waals surface area contributed by atoms with Crippen molar-refractivity contribution in [2.24, 2.45) is 23.7 Å². The molecule has 11 atom stereocenters. The van der Waals surface area contributed by atoms with Gasteiger partial charge in [0.25, 0.3) is 0 Å². The van der Waals surface area contributed by atoms with Crippen LogP contribution in [0.25, 0.3) is 0 Å². The van der Waals surface area contributed by atoms with Gasteiger partial charge in [0.15, 0.2) is 0 Å². The van der Waals surface area contributed by atoms with Crippen LogP contribution in [-0.2, 0) is 98.8 Å². The Kier molecular flexibility index (Phi) is 52.6. The van der Waals surface area contributed by atoms with Gasteiger partial charge in [0.2, 0.25) is 53.2 Å². The molecule has 0 unspecified atom stereocenters. The molecule has 0 spiro atoms. The number of amides is 10. The summed E-state index contributed by atoms with van der Waals surface area (Å²) in [6.07, 6.45) is 5.44. The minimum Gasteiger partial charge on any atom is -0.460 e. The first-order valence-electron chi connectivity index (χ1n) is 41.8. The lowest BCUT2D eigenvalue weighted by Gasteiger charge is -2.36. The van der Waals surface area contributed by atoms with Crippen molar-refractivity contribution < 1.29 is 95.9 Å². The molecular weight excluding hydrogens is 1540 g/mol. The number of aliphatic hydroxyl groups is 1. The second-order valence-electron chi connectivity index (χ2n) is 33.9. The lowest BCUT2D eigenvalue weighted by atomic mass is 9.97. The highest BCUT2D eigenvalue weighted by atomic mass is 16.6. The van der Waals surface area contributed by atoms with Gasteiger partial charge in [0.05, 0.1) is 18.2 Å². The summed E-state index contributed by atoms with van der Waals surface area (Å²) in [4.78, 5) is 182. The number of likely N-dealkylation sites (N-methyl/N-ethyl adjacent to an activating group) is 7. The molecule has 0 aliphatic rings. The molecule has 10 amide bonds. The zero-order valence-corrected chi connectivity index (χ0v) is 76.9. The summed E-state index contributed by atoms with van der Waals surface area (Å²) in [5.41, 5.74) is 0.453. The van der Waals surface area contributed by atoms with Crippen molar-refractivity contribution in [3.8, 4) is 0 Å². The number of esters is 3. The SMILES string of the molecule is C=CCOC(=O)CN(C)C(=O)[C@@H](NC(=O)[C@H](CC(C)C)N(C)C(=O)[C@H](CC(C)C)NC(=O)[C@H](Cc1ccccc1)N(C)C(=O)[C@H](C)N(C)C(=O)OC(C)(C)C)[C@@H](C)OCCCC.C=CCOC(=O)CN(C)C(=O)[C@@H](NC(=O)[C@H](CC(C)C)N(C)C(=O)[C@H](CC(C)C)NC(=O)[C@H](Cc1ccccc1)NC)[C@@H](C)OCCCC.CC(C)(C)OC(=O)CO. The Morgan fingerprint density at radius 2 is 0.783 bits per heavy atom. The standard InChI is InChI=1S/C46H76N6O10.C37H61N5O7.C6H12O3/c1-16-18-25-60-33(8)39(44(58)49(12)29-38(53)61-24-17-2)48-41(55)36(27-31(5)6)52(15)43(57)35(26-30(3)4)47-40(54)37(28-34-22-20-19-21-23-34)51(14)42(56)32(7)50(13)45(59)62-46(9,10)11;1-11-13-20-48-27(7)33(37(47)41(9)24-32(43)49-19-12-2)40-35(45)31(22-26(5)6)42(10)36(46)30(21-25(3)4)39-34(44)29(38-8)23-28-17-15-14-16-18-28;1-6(2,3)9-5(8)4-7/h17,19-23,30-33,35-37,39H,2,16,18,24-29H2,1,3-15H3,(H,47,54)(H,48,55);12,14-18,25-27,29-31,33,38H,2,11,13,19-24H2,1,3-10H3,(H,39,44)(H,40,45);7H,4H2,1-3H3/t32-,33+,35-,36-,37-,39-;27-,29+,30+,31+,33+;/m01./s1. The van der Waals surface area contributed by atoms with Gasteiger partial charge in [-0.3, -0.25) is 57.6 Å². The van der Waals surface area contributed by atoms with Crippen LogP contribution in [0, 0.1) is 23.7 Å². The third-order valence-electron chi connectivity index (χ3n) is 18.8. The second kappa shape index (κ2) is 57.0. The van der Waals surface area contributed by atoms with Gasteiger partial charge in [-0.15, -0.1) is 0 Å². The van der Waals surface area contributed by atoms with Crippen molar-refractivity contribution in [3.05, 3.63) is 97.1 Å². The van der Waals surface area contributed by atoms with E-state index in [1.807, 2.05) is 130 Å². The summed E-state index contributed by atoms with van der Waals surface area (Å²) in [5, 5.41) is 22.8. The Morgan fingerprint density at radius 1 is 0.433 bits per heavy atom. The van der Waals surface area contributed by atoms with Gasteiger partial charge in [-0.05, 0) is 149 Å². The van der Waals surface area contributed by atoms with Gasteiger partial charge in [0.1, 0.15) is 92.4 Å². The molecule has 0 aromatic heterocycles. The number of unbranched alkanes of at least 4 members (excludes halogenated alkanes) is 2. The van der Waals surface area contributed by atoms with Crippen LogP contribution in [0.15, 0.2) is 86.0 Å². The van der Waals surface area contributed by atoms with Crippen LogP contribution in [-0.4, -0.2) is 285 Å². The molecular formula is C89H149N11O20. The molecule has 6 N–H and O–H groups in total. The van der Waals surface area contributed by atoms with E-state index in [1.54, 1.807) is 76.4 Å². The van der Waals surface area contributed by atoms with Crippen LogP contribution in [0.1, 0.15) is 194 Å². The smallest absolute Gasteiger partial charge is 0.410 e. The average molecular weight is 1690 g/mol. The van der Waals surface area contributed by atoms with Crippen LogP contribution in [0.3, 0.4) is 0 Å². The second-order valence-corrected chi connectivity index (χ2v) is 33.9. The molecule has 680 valence electrons. The molecule has 0 fully saturated rings. The minimum atomic E-state index is -1.22. The Bertz CT molecular complexity index is 3490. The van der Waals surface area contributed by atoms with E-state index in [4.69, 9.17) is 33.5 Å². The molecule has 0 saturated heterocycles. The molecule has 0 radical (unpaired) electrons. The lowest BCUT2D eigenvalue weighted by Crippen LogP contribution is -2.61. The highest BCUT2D eigenvalue weighted by Gasteiger charge is 2.42. The van der Waals surface area contributed by atoms with E-state index in [-0.39, 0.29) is 75.1 Å². The number of hydrogen-bond acceptors (Lipinski definition) is 21. The fourth-order valence-corrected chi connectivity index (χ4v) is 12.1. The molecule has 2 aromatic carbocycles. The summed E-state index contributed by atoms with van der Waals surface area (Å²) < 4.78 is 32.2. The molecule has 31 heteroatoms. The molecule has 0 bridgehead atoms. The molecule has 0 saturated carbocycles. The Hall–Kier alpha value is -9.33. The van der Waals surface area contributed by atoms with E-state index in [1.165, 1.54) is 71.9 Å². The molecule has 31 nitrogen and oxygen atoms in total. The quantitative estimate of drug-likeness (QED) is 0.0158. The Balaban J connectivity index is 0.00000218. The third kappa shape index (κ3) is 43.2. The van der Waals surface area contributed by atoms with Crippen molar-refractivity contribution in [3.63, 3.8) is 0 Å². The lowest BCUT2D eigenvalue weighted by molar-refractivity contribution is -0.158. The van der Waals surface area contributed by atoms with E-state index in [2.05, 4.69) is 39.7 Å². The van der Waals surface area contributed by atoms with Gasteiger partial charge in [-0.1, -0.05) is 168 Å². The molecule has 0 heterocycles. The summed E-state index contributed by atoms with van der Waals surface area (Å²) in [5.74, 6) is -6.62. The maximum Gasteiger partial charge on any atom is 0.410 e. The summed E-state index contributed by atoms with van der Waals surface area (Å²) in [7, 11) is 10.5. The number of aliphatic hydroxyl groups excluding tert-OH is 1. The number of rotatable bonds is 49. The van der Waals surface area contributed by atoms with Crippen molar-refractivity contribution >= 4 is 77.2 Å². The first kappa shape index (κ1) is 111. The van der Waals surface area contributed by atoms with Crippen molar-refractivity contribution in [2.45, 2.75) is 274 Å². The third-order valence-corrected chi connectivity index (χ3v) is 18.8. The normalized spacial score (nSPS) is 14.1. The topological polar surface area (TPSA) is 377 Å². The van der Waals surface area contributed by atoms with Crippen molar-refractivity contribution in [2.75, 3.05) is 95.5 Å². The number of nitrogens with one attached hydrogen (secondary N) is 5. The minimum absolute atomic E-state index is 0.00963. The van der Waals surface area contributed by atoms with Gasteiger partial charge >= 0.3 is 24.0 Å². The first-order chi connectivity index (χ1) is 56.0. The van der Waals surface area contributed by atoms with Crippen molar-refractivity contribution in [1.29, 1.82) is 0 Å². The highest BCUT2D eigenvalue weighted by molar-refractivity contribution is 5.98. The monoisotopic (exact) mass is 1690 g/mol. The number of carbonyl (C=O) groups excluding carboxylic acids is 13. The fraction of sp³-hybridized carbons (Fsp3) is 0.674. The molecule has 120 heavy (non-hydrogen) atoms. The number of hydrogen-bond donors (Lipinski definition) is 6. The summed E-state index contributed by atoms with van der Waals surface area (Å²) in [6, 6.07) is 9.67. The summed E-state index contributed by atoms with van der Waals surface area (Å²) >= 11 is 0. The van der Waals surface area contributed by atoms with Crippen LogP contribution in [0.5, 0.6) is 0 Å². The predicted octanol–water partition coefficient (Wildman–Crippen LogP) is 8.01. The zero-order chi connectivity index (χ0) is 92.1. The van der Waals surface area contributed by atoms with E-state index in [0.29, 0.717) is 32.5 Å². The average Bonchev–Trinajstić information content (AvgIpc) is 0.823. The van der Waals surface area contributed by atoms with E-state index >= 15 is 0 Å². The number of carbonyl (C=O) groups is 13. The summed E-state index contributed by atoms with van der Waals surface area (Å²) in [6.45, 7) is 41.2. The number of nitrogens with zero attached hydrogens (tertiary/aromatic N) is 6. The highest BCUT2D eigenvalue weighted by Crippen LogP contribution is 2.22. The van der Waals surface area contributed by atoms with Gasteiger partial charge in [-0.2, -0.15) is 0 Å². The first-order valence-corrected chi connectivity index (χ1v) is 41.8. The maximum absolute atomic E-state index is 14.6. The molecule has 2 rings (SSSR count). The van der Waals surface area contributed by atoms with E-state index < -0.39 is 156 Å². The maximum atomic E-state index is 14.6. The largest absolute Gasteiger partial charge is 0.460 e. The van der Waals surface area contributed by atoms with Crippen LogP contribution in [0.4, 0.5) is 4.79 Å². The number of ether oxygens (including phenoxy) is 6. The molecule has 2 aromatic rings. The van der Waals surface area contributed by atoms with Gasteiger partial charge in [0, 0.05) is 61.9 Å². The van der Waals surface area contributed by atoms with E-state index in [9.17, 15) is 62.3 Å². The predicted molar refractivity (Wildman–Crippen MR) is 463 cm³/mol. The van der Waals surface area contributed by atoms with Crippen molar-refractivity contribution in [1.82, 2.24) is 56.0 Å². The van der Waals surface area contributed by atoms with Gasteiger partial charge < -0.3 is 84.6 Å². The van der Waals surface area contributed by atoms with Crippen LogP contribution >= 0.6 is 0 Å². The van der Waals surface area contributed by atoms with Gasteiger partial charge in [-0.25, -0.2) is 9.59 Å². The van der Waals surface area contributed by atoms with Crippen LogP contribution < -0.4 is 26.6 Å². The Labute approximate surface area is 715 Å². The zero-order valence-electron chi connectivity index (χ0n) is 76.9. The van der Waals surface area contributed by atoms with Crippen LogP contribution in [0.2, 0.25) is 0 Å². The fourth-order valence-electron chi connectivity index (χ4n) is 12.1. The van der Waals surface area contributed by atoms with E-state index in [0.717, 1.165) is 41.7 Å². The Morgan fingerprint density at radius 3 is 1.11 bits per heavy atom.